The van der Waals surface area contributed by atoms with Crippen LogP contribution in [-0.2, 0) is 42.4 Å². The van der Waals surface area contributed by atoms with Gasteiger partial charge in [0.2, 0.25) is 5.60 Å². The monoisotopic (exact) mass is 700 g/mol. The summed E-state index contributed by atoms with van der Waals surface area (Å²) >= 11 is 0. The SMILES string of the molecule is CC(C)OC(=O)[C@H](C)N[P@](=O)(OC[C@@]1(C#N)O[C@@H](c2ccc3c(N)ncnn23)[C@H](OC(=O)C(C)C)[C@@H]1OC(=O)C(C)C)Oc1ccccc1. The van der Waals surface area contributed by atoms with Gasteiger partial charge in [-0.25, -0.2) is 14.1 Å². The van der Waals surface area contributed by atoms with Gasteiger partial charge in [0.05, 0.1) is 23.6 Å². The number of nitrogens with one attached hydrogen (secondary N) is 1. The van der Waals surface area contributed by atoms with E-state index in [2.05, 4.69) is 15.2 Å². The van der Waals surface area contributed by atoms with E-state index in [9.17, 15) is 24.2 Å². The van der Waals surface area contributed by atoms with E-state index in [0.29, 0.717) is 5.52 Å². The van der Waals surface area contributed by atoms with E-state index < -0.39 is 80.2 Å². The minimum Gasteiger partial charge on any atom is -0.462 e. The van der Waals surface area contributed by atoms with Crippen LogP contribution in [0.15, 0.2) is 48.8 Å². The van der Waals surface area contributed by atoms with Crippen molar-refractivity contribution in [2.24, 2.45) is 11.8 Å². The quantitative estimate of drug-likeness (QED) is 0.138. The molecule has 264 valence electrons. The smallest absolute Gasteiger partial charge is 0.459 e. The third-order valence-corrected chi connectivity index (χ3v) is 8.92. The van der Waals surface area contributed by atoms with Gasteiger partial charge in [-0.05, 0) is 45.0 Å². The van der Waals surface area contributed by atoms with Crippen molar-refractivity contribution < 1.29 is 46.9 Å². The summed E-state index contributed by atoms with van der Waals surface area (Å²) in [6.45, 7) is 10.2. The lowest BCUT2D eigenvalue weighted by molar-refractivity contribution is -0.173. The number of para-hydroxylation sites is 1. The maximum Gasteiger partial charge on any atom is 0.459 e. The molecular formula is C32H41N6O10P. The summed E-state index contributed by atoms with van der Waals surface area (Å²) in [5.41, 5.74) is 4.47. The maximum atomic E-state index is 14.3. The molecule has 49 heavy (non-hydrogen) atoms. The molecule has 3 heterocycles. The van der Waals surface area contributed by atoms with E-state index in [4.69, 9.17) is 33.7 Å². The Labute approximate surface area is 283 Å². The van der Waals surface area contributed by atoms with Crippen LogP contribution in [0.4, 0.5) is 5.82 Å². The van der Waals surface area contributed by atoms with E-state index in [0.717, 1.165) is 0 Å². The van der Waals surface area contributed by atoms with Crippen LogP contribution in [0.5, 0.6) is 5.75 Å². The van der Waals surface area contributed by atoms with Crippen molar-refractivity contribution in [1.29, 1.82) is 5.26 Å². The van der Waals surface area contributed by atoms with Crippen molar-refractivity contribution in [1.82, 2.24) is 19.7 Å². The van der Waals surface area contributed by atoms with Gasteiger partial charge in [-0.15, -0.1) is 0 Å². The Morgan fingerprint density at radius 2 is 1.67 bits per heavy atom. The van der Waals surface area contributed by atoms with E-state index >= 15 is 0 Å². The number of rotatable bonds is 14. The second-order valence-electron chi connectivity index (χ2n) is 12.3. The highest BCUT2D eigenvalue weighted by atomic mass is 31.2. The summed E-state index contributed by atoms with van der Waals surface area (Å²) in [6.07, 6.45) is -3.57. The van der Waals surface area contributed by atoms with Gasteiger partial charge in [0.25, 0.3) is 0 Å². The normalized spacial score (nSPS) is 22.4. The van der Waals surface area contributed by atoms with E-state index in [1.807, 2.05) is 6.07 Å². The Kier molecular flexibility index (Phi) is 11.7. The third-order valence-electron chi connectivity index (χ3n) is 7.30. The molecule has 6 atom stereocenters. The molecule has 1 aromatic carbocycles. The number of carbonyl (C=O) groups excluding carboxylic acids is 3. The first kappa shape index (κ1) is 37.3. The Morgan fingerprint density at radius 3 is 2.29 bits per heavy atom. The molecule has 0 aliphatic carbocycles. The molecule has 17 heteroatoms. The van der Waals surface area contributed by atoms with E-state index in [-0.39, 0.29) is 17.3 Å². The molecule has 0 spiro atoms. The van der Waals surface area contributed by atoms with Crippen molar-refractivity contribution in [2.75, 3.05) is 12.3 Å². The number of aromatic nitrogens is 3. The zero-order valence-corrected chi connectivity index (χ0v) is 29.2. The Bertz CT molecular complexity index is 1740. The summed E-state index contributed by atoms with van der Waals surface area (Å²) in [5, 5.41) is 17.6. The van der Waals surface area contributed by atoms with Crippen molar-refractivity contribution >= 4 is 37.0 Å². The van der Waals surface area contributed by atoms with Gasteiger partial charge in [0, 0.05) is 0 Å². The highest BCUT2D eigenvalue weighted by molar-refractivity contribution is 7.52. The van der Waals surface area contributed by atoms with Crippen molar-refractivity contribution in [2.45, 2.75) is 84.5 Å². The molecule has 16 nitrogen and oxygen atoms in total. The molecule has 0 bridgehead atoms. The summed E-state index contributed by atoms with van der Waals surface area (Å²) in [6, 6.07) is 12.0. The molecule has 1 fully saturated rings. The highest BCUT2D eigenvalue weighted by Gasteiger charge is 2.62. The summed E-state index contributed by atoms with van der Waals surface area (Å²) in [4.78, 5) is 42.9. The van der Waals surface area contributed by atoms with Crippen LogP contribution < -0.4 is 15.3 Å². The van der Waals surface area contributed by atoms with Crippen molar-refractivity contribution in [3.8, 4) is 11.8 Å². The summed E-state index contributed by atoms with van der Waals surface area (Å²) in [5.74, 6) is -3.18. The number of hydrogen-bond donors (Lipinski definition) is 2. The fraction of sp³-hybridized carbons (Fsp3) is 0.500. The fourth-order valence-electron chi connectivity index (χ4n) is 4.77. The van der Waals surface area contributed by atoms with Gasteiger partial charge in [0.15, 0.2) is 18.0 Å². The van der Waals surface area contributed by atoms with E-state index in [1.165, 1.54) is 29.9 Å². The molecule has 1 saturated heterocycles. The molecule has 1 aliphatic heterocycles. The first-order valence-electron chi connectivity index (χ1n) is 15.7. The molecular weight excluding hydrogens is 659 g/mol. The molecule has 3 N–H and O–H groups in total. The van der Waals surface area contributed by atoms with Crippen LogP contribution in [0.2, 0.25) is 0 Å². The number of nitrogens with two attached hydrogens (primary N) is 1. The molecule has 1 aliphatic rings. The Morgan fingerprint density at radius 1 is 1.02 bits per heavy atom. The number of esters is 3. The number of nitriles is 1. The van der Waals surface area contributed by atoms with Crippen LogP contribution in [0.25, 0.3) is 5.52 Å². The van der Waals surface area contributed by atoms with Crippen molar-refractivity contribution in [3.05, 3.63) is 54.5 Å². The van der Waals surface area contributed by atoms with Gasteiger partial charge in [-0.3, -0.25) is 18.9 Å². The van der Waals surface area contributed by atoms with Crippen LogP contribution >= 0.6 is 7.75 Å². The topological polar surface area (TPSA) is 216 Å². The lowest BCUT2D eigenvalue weighted by Crippen LogP contribution is -2.50. The lowest BCUT2D eigenvalue weighted by atomic mass is 9.95. The number of ether oxygens (including phenoxy) is 4. The summed E-state index contributed by atoms with van der Waals surface area (Å²) in [7, 11) is -4.54. The van der Waals surface area contributed by atoms with Gasteiger partial charge < -0.3 is 29.2 Å². The highest BCUT2D eigenvalue weighted by Crippen LogP contribution is 2.50. The van der Waals surface area contributed by atoms with Crippen molar-refractivity contribution in [3.63, 3.8) is 0 Å². The second-order valence-corrected chi connectivity index (χ2v) is 14.0. The minimum absolute atomic E-state index is 0.113. The maximum absolute atomic E-state index is 14.3. The fourth-order valence-corrected chi connectivity index (χ4v) is 6.29. The first-order chi connectivity index (χ1) is 23.1. The van der Waals surface area contributed by atoms with Crippen LogP contribution in [0.3, 0.4) is 0 Å². The molecule has 0 saturated carbocycles. The largest absolute Gasteiger partial charge is 0.462 e. The average molecular weight is 701 g/mol. The zero-order chi connectivity index (χ0) is 36.1. The first-order valence-corrected chi connectivity index (χ1v) is 17.2. The standard InChI is InChI=1S/C32H41N6O10P/c1-18(2)29(39)45-26-25(23-13-14-24-28(34)35-17-36-38(23)24)47-32(15-33,27(26)46-30(40)19(3)4)16-43-49(42,48-22-11-9-8-10-12-22)37-21(7)31(41)44-20(5)6/h8-14,17-21,25-27H,16H2,1-7H3,(H,37,42)(H2,34,35,36)/t21-,25-,26-,27-,32+,49-/m0/s1. The van der Waals surface area contributed by atoms with Gasteiger partial charge >= 0.3 is 25.7 Å². The van der Waals surface area contributed by atoms with Crippen LogP contribution in [0, 0.1) is 23.2 Å². The number of fused-ring (bicyclic) bond motifs is 1. The Hall–Kier alpha value is -4.55. The number of nitrogens with zero attached hydrogens (tertiary/aromatic N) is 4. The number of anilines is 1. The predicted octanol–water partition coefficient (Wildman–Crippen LogP) is 3.91. The van der Waals surface area contributed by atoms with E-state index in [1.54, 1.807) is 71.9 Å². The van der Waals surface area contributed by atoms with Gasteiger partial charge in [-0.1, -0.05) is 45.9 Å². The molecule has 0 unspecified atom stereocenters. The second kappa shape index (κ2) is 15.3. The van der Waals surface area contributed by atoms with Gasteiger partial charge in [-0.2, -0.15) is 15.4 Å². The molecule has 0 amide bonds. The lowest BCUT2D eigenvalue weighted by Gasteiger charge is -2.31. The average Bonchev–Trinajstić information content (AvgIpc) is 3.60. The Balaban J connectivity index is 1.80. The van der Waals surface area contributed by atoms with Crippen LogP contribution in [0.1, 0.15) is 60.3 Å². The molecule has 3 aromatic rings. The predicted molar refractivity (Wildman–Crippen MR) is 173 cm³/mol. The third kappa shape index (κ3) is 8.55. The minimum atomic E-state index is -4.54. The number of hydrogen-bond acceptors (Lipinski definition) is 14. The zero-order valence-electron chi connectivity index (χ0n) is 28.3. The number of benzene rings is 1. The summed E-state index contributed by atoms with van der Waals surface area (Å²) < 4.78 is 50.7. The molecule has 2 aromatic heterocycles. The van der Waals surface area contributed by atoms with Gasteiger partial charge in [0.1, 0.15) is 42.4 Å². The van der Waals surface area contributed by atoms with Crippen LogP contribution in [-0.4, -0.2) is 69.1 Å². The molecule has 0 radical (unpaired) electrons. The number of carbonyl (C=O) groups is 3. The number of nitrogen functional groups attached to an aromatic ring is 1. The molecule has 4 rings (SSSR count).